The highest BCUT2D eigenvalue weighted by Crippen LogP contribution is 2.29. The van der Waals surface area contributed by atoms with Crippen LogP contribution >= 0.6 is 0 Å². The van der Waals surface area contributed by atoms with Gasteiger partial charge in [-0.05, 0) is 18.1 Å². The van der Waals surface area contributed by atoms with E-state index in [4.69, 9.17) is 0 Å². The molecular weight excluding hydrogens is 264 g/mol. The molecule has 1 aliphatic rings. The van der Waals surface area contributed by atoms with Gasteiger partial charge in [-0.15, -0.1) is 0 Å². The Labute approximate surface area is 121 Å². The minimum Gasteiger partial charge on any atom is -0.358 e. The number of carbonyl (C=O) groups is 1. The highest BCUT2D eigenvalue weighted by atomic mass is 16.1. The normalized spacial score (nSPS) is 16.9. The minimum absolute atomic E-state index is 0.116. The largest absolute Gasteiger partial charge is 0.358 e. The third-order valence-corrected chi connectivity index (χ3v) is 3.93. The van der Waals surface area contributed by atoms with Gasteiger partial charge >= 0.3 is 0 Å². The summed E-state index contributed by atoms with van der Waals surface area (Å²) in [5.74, 6) is -0.164. The number of amides is 1. The molecule has 0 bridgehead atoms. The van der Waals surface area contributed by atoms with Crippen LogP contribution in [-0.2, 0) is 12.8 Å². The molecule has 1 amide bonds. The summed E-state index contributed by atoms with van der Waals surface area (Å²) in [6.07, 6.45) is 6.25. The van der Waals surface area contributed by atoms with Crippen LogP contribution in [0.5, 0.6) is 0 Å². The second-order valence-corrected chi connectivity index (χ2v) is 5.30. The van der Waals surface area contributed by atoms with Crippen molar-refractivity contribution in [2.45, 2.75) is 18.9 Å². The van der Waals surface area contributed by atoms with Crippen molar-refractivity contribution in [3.05, 3.63) is 59.8 Å². The molecule has 21 heavy (non-hydrogen) atoms. The third-order valence-electron chi connectivity index (χ3n) is 3.93. The molecule has 2 heterocycles. The van der Waals surface area contributed by atoms with E-state index in [-0.39, 0.29) is 11.9 Å². The maximum atomic E-state index is 12.1. The fourth-order valence-electron chi connectivity index (χ4n) is 3.01. The number of benzene rings is 1. The molecule has 1 atom stereocenters. The van der Waals surface area contributed by atoms with Crippen molar-refractivity contribution in [2.75, 3.05) is 0 Å². The molecule has 2 aromatic heterocycles. The maximum absolute atomic E-state index is 12.1. The van der Waals surface area contributed by atoms with Crippen molar-refractivity contribution in [1.82, 2.24) is 20.3 Å². The number of para-hydroxylation sites is 1. The Morgan fingerprint density at radius 1 is 1.24 bits per heavy atom. The quantitative estimate of drug-likeness (QED) is 0.751. The Hall–Kier alpha value is -2.69. The SMILES string of the molecule is O=C(NC1Cc2[nH]c3ccccc3c2C1)c1cnccn1. The van der Waals surface area contributed by atoms with Gasteiger partial charge in [-0.3, -0.25) is 9.78 Å². The zero-order valence-corrected chi connectivity index (χ0v) is 11.3. The van der Waals surface area contributed by atoms with Crippen molar-refractivity contribution in [2.24, 2.45) is 0 Å². The number of nitrogens with one attached hydrogen (secondary N) is 2. The van der Waals surface area contributed by atoms with Crippen LogP contribution < -0.4 is 5.32 Å². The summed E-state index contributed by atoms with van der Waals surface area (Å²) in [6.45, 7) is 0. The van der Waals surface area contributed by atoms with Gasteiger partial charge in [0.15, 0.2) is 0 Å². The zero-order valence-electron chi connectivity index (χ0n) is 11.3. The van der Waals surface area contributed by atoms with Gasteiger partial charge in [0.05, 0.1) is 6.20 Å². The Morgan fingerprint density at radius 2 is 2.14 bits per heavy atom. The van der Waals surface area contributed by atoms with E-state index in [9.17, 15) is 4.79 Å². The maximum Gasteiger partial charge on any atom is 0.271 e. The first kappa shape index (κ1) is 12.1. The van der Waals surface area contributed by atoms with Crippen molar-refractivity contribution in [3.8, 4) is 0 Å². The molecule has 0 aliphatic heterocycles. The van der Waals surface area contributed by atoms with Gasteiger partial charge in [0.1, 0.15) is 5.69 Å². The van der Waals surface area contributed by atoms with E-state index in [2.05, 4.69) is 32.4 Å². The molecule has 5 heteroatoms. The lowest BCUT2D eigenvalue weighted by Gasteiger charge is -2.11. The molecule has 5 nitrogen and oxygen atoms in total. The lowest BCUT2D eigenvalue weighted by Crippen LogP contribution is -2.36. The highest BCUT2D eigenvalue weighted by Gasteiger charge is 2.26. The Balaban J connectivity index is 1.53. The summed E-state index contributed by atoms with van der Waals surface area (Å²) in [7, 11) is 0. The van der Waals surface area contributed by atoms with Gasteiger partial charge in [-0.2, -0.15) is 0 Å². The lowest BCUT2D eigenvalue weighted by atomic mass is 10.1. The predicted molar refractivity (Wildman–Crippen MR) is 79.0 cm³/mol. The van der Waals surface area contributed by atoms with Crippen LogP contribution in [0.3, 0.4) is 0 Å². The standard InChI is InChI=1S/C16H14N4O/c21-16(15-9-17-5-6-18-15)19-10-7-12-11-3-1-2-4-13(11)20-14(12)8-10/h1-6,9-10,20H,7-8H2,(H,19,21). The number of aromatic amines is 1. The number of carbonyl (C=O) groups excluding carboxylic acids is 1. The van der Waals surface area contributed by atoms with Crippen molar-refractivity contribution in [1.29, 1.82) is 0 Å². The average Bonchev–Trinajstić information content (AvgIpc) is 3.05. The Bertz CT molecular complexity index is 810. The van der Waals surface area contributed by atoms with E-state index in [1.807, 2.05) is 12.1 Å². The predicted octanol–water partition coefficient (Wildman–Crippen LogP) is 1.86. The monoisotopic (exact) mass is 278 g/mol. The number of hydrogen-bond acceptors (Lipinski definition) is 3. The first-order chi connectivity index (χ1) is 10.3. The molecule has 3 aromatic rings. The van der Waals surface area contributed by atoms with E-state index in [1.54, 1.807) is 6.20 Å². The molecule has 1 aromatic carbocycles. The molecule has 0 radical (unpaired) electrons. The second-order valence-electron chi connectivity index (χ2n) is 5.30. The second kappa shape index (κ2) is 4.70. The topological polar surface area (TPSA) is 70.7 Å². The van der Waals surface area contributed by atoms with Crippen LogP contribution in [0.4, 0.5) is 0 Å². The lowest BCUT2D eigenvalue weighted by molar-refractivity contribution is 0.0933. The van der Waals surface area contributed by atoms with Gasteiger partial charge in [-0.25, -0.2) is 4.98 Å². The molecule has 104 valence electrons. The average molecular weight is 278 g/mol. The van der Waals surface area contributed by atoms with Crippen LogP contribution in [-0.4, -0.2) is 26.9 Å². The molecule has 0 spiro atoms. The van der Waals surface area contributed by atoms with Gasteiger partial charge in [-0.1, -0.05) is 18.2 Å². The zero-order chi connectivity index (χ0) is 14.2. The van der Waals surface area contributed by atoms with Crippen molar-refractivity contribution in [3.63, 3.8) is 0 Å². The van der Waals surface area contributed by atoms with Crippen LogP contribution in [0.2, 0.25) is 0 Å². The summed E-state index contributed by atoms with van der Waals surface area (Å²) in [5.41, 5.74) is 4.06. The number of hydrogen-bond donors (Lipinski definition) is 2. The number of fused-ring (bicyclic) bond motifs is 3. The number of H-pyrrole nitrogens is 1. The highest BCUT2D eigenvalue weighted by molar-refractivity contribution is 5.92. The van der Waals surface area contributed by atoms with Crippen LogP contribution in [0.25, 0.3) is 10.9 Å². The van der Waals surface area contributed by atoms with Gasteiger partial charge in [0.2, 0.25) is 0 Å². The van der Waals surface area contributed by atoms with Crippen molar-refractivity contribution < 1.29 is 4.79 Å². The number of rotatable bonds is 2. The third kappa shape index (κ3) is 2.07. The minimum atomic E-state index is -0.164. The van der Waals surface area contributed by atoms with Gasteiger partial charge in [0, 0.05) is 41.5 Å². The van der Waals surface area contributed by atoms with Gasteiger partial charge < -0.3 is 10.3 Å². The molecule has 4 rings (SSSR count). The summed E-state index contributed by atoms with van der Waals surface area (Å²) < 4.78 is 0. The summed E-state index contributed by atoms with van der Waals surface area (Å²) in [6, 6.07) is 8.40. The first-order valence-corrected chi connectivity index (χ1v) is 6.96. The molecule has 0 fully saturated rings. The Kier molecular flexibility index (Phi) is 2.70. The molecule has 2 N–H and O–H groups in total. The summed E-state index contributed by atoms with van der Waals surface area (Å²) in [4.78, 5) is 23.5. The Morgan fingerprint density at radius 3 is 3.00 bits per heavy atom. The van der Waals surface area contributed by atoms with E-state index < -0.39 is 0 Å². The van der Waals surface area contributed by atoms with E-state index in [0.29, 0.717) is 5.69 Å². The van der Waals surface area contributed by atoms with Crippen LogP contribution in [0.1, 0.15) is 21.7 Å². The fraction of sp³-hybridized carbons (Fsp3) is 0.188. The summed E-state index contributed by atoms with van der Waals surface area (Å²) >= 11 is 0. The molecular formula is C16H14N4O. The van der Waals surface area contributed by atoms with E-state index in [1.165, 1.54) is 34.6 Å². The molecule has 1 aliphatic carbocycles. The molecule has 1 unspecified atom stereocenters. The smallest absolute Gasteiger partial charge is 0.271 e. The van der Waals surface area contributed by atoms with Gasteiger partial charge in [0.25, 0.3) is 5.91 Å². The first-order valence-electron chi connectivity index (χ1n) is 6.96. The van der Waals surface area contributed by atoms with Crippen molar-refractivity contribution >= 4 is 16.8 Å². The van der Waals surface area contributed by atoms with E-state index >= 15 is 0 Å². The fourth-order valence-corrected chi connectivity index (χ4v) is 3.01. The molecule has 0 saturated carbocycles. The summed E-state index contributed by atoms with van der Waals surface area (Å²) in [5, 5.41) is 4.28. The van der Waals surface area contributed by atoms with Crippen LogP contribution in [0, 0.1) is 0 Å². The van der Waals surface area contributed by atoms with Crippen LogP contribution in [0.15, 0.2) is 42.9 Å². The number of aromatic nitrogens is 3. The number of nitrogens with zero attached hydrogens (tertiary/aromatic N) is 2. The molecule has 0 saturated heterocycles. The van der Waals surface area contributed by atoms with E-state index in [0.717, 1.165) is 12.8 Å².